The van der Waals surface area contributed by atoms with Crippen molar-refractivity contribution in [1.29, 1.82) is 0 Å². The van der Waals surface area contributed by atoms with Crippen molar-refractivity contribution in [1.82, 2.24) is 4.98 Å². The molecule has 0 bridgehead atoms. The maximum atomic E-state index is 10.8. The molecule has 1 aromatic carbocycles. The number of thioether (sulfide) groups is 1. The number of thiazole rings is 1. The average Bonchev–Trinajstić information content (AvgIpc) is 3.04. The first-order valence-corrected chi connectivity index (χ1v) is 7.34. The van der Waals surface area contributed by atoms with E-state index in [1.54, 1.807) is 7.11 Å². The zero-order valence-corrected chi connectivity index (χ0v) is 14.6. The topological polar surface area (TPSA) is 74.6 Å². The van der Waals surface area contributed by atoms with Crippen LogP contribution in [0.2, 0.25) is 0 Å². The number of carboxylic acids is 1. The molecule has 2 heterocycles. The predicted octanol–water partition coefficient (Wildman–Crippen LogP) is -2.08. The zero-order valence-electron chi connectivity index (χ0n) is 11.0. The number of rotatable bonds is 3. The summed E-state index contributed by atoms with van der Waals surface area (Å²) in [6.45, 7) is 0. The van der Waals surface area contributed by atoms with Crippen LogP contribution in [0.15, 0.2) is 23.2 Å². The number of nitrogens with zero attached hydrogens (tertiary/aromatic N) is 2. The van der Waals surface area contributed by atoms with Crippen molar-refractivity contribution in [3.63, 3.8) is 0 Å². The van der Waals surface area contributed by atoms with Gasteiger partial charge in [0.15, 0.2) is 0 Å². The van der Waals surface area contributed by atoms with Gasteiger partial charge in [0.2, 0.25) is 0 Å². The molecule has 8 heteroatoms. The van der Waals surface area contributed by atoms with Crippen molar-refractivity contribution in [3.05, 3.63) is 23.2 Å². The maximum Gasteiger partial charge on any atom is 1.00 e. The molecule has 1 aliphatic heterocycles. The summed E-state index contributed by atoms with van der Waals surface area (Å²) in [5.74, 6) is 0.0540. The number of ether oxygens (including phenoxy) is 1. The Hall–Kier alpha value is -0.600. The Labute approximate surface area is 145 Å². The van der Waals surface area contributed by atoms with Crippen LogP contribution in [0.5, 0.6) is 5.75 Å². The molecule has 0 fully saturated rings. The summed E-state index contributed by atoms with van der Waals surface area (Å²) in [6.07, 6.45) is 0. The summed E-state index contributed by atoms with van der Waals surface area (Å²) in [5, 5.41) is 12.2. The first kappa shape index (κ1) is 15.8. The second kappa shape index (κ2) is 6.44. The van der Waals surface area contributed by atoms with Crippen molar-refractivity contribution in [2.24, 2.45) is 4.99 Å². The average molecular weight is 316 g/mol. The third-order valence-corrected chi connectivity index (χ3v) is 4.91. The molecule has 1 atom stereocenters. The van der Waals surface area contributed by atoms with Gasteiger partial charge in [-0.2, -0.15) is 0 Å². The van der Waals surface area contributed by atoms with Gasteiger partial charge in [0, 0.05) is 5.75 Å². The molecule has 0 saturated carbocycles. The van der Waals surface area contributed by atoms with E-state index in [0.717, 1.165) is 21.0 Å². The third-order valence-electron chi connectivity index (χ3n) is 2.70. The third kappa shape index (κ3) is 3.01. The SMILES string of the molecule is COc1ccc2nc(C3=NC(C(=O)[O-])CS3)sc2c1.[Na+]. The van der Waals surface area contributed by atoms with E-state index in [0.29, 0.717) is 10.8 Å². The number of hydrogen-bond acceptors (Lipinski definition) is 7. The second-order valence-corrected chi connectivity index (χ2v) is 5.97. The fourth-order valence-electron chi connectivity index (χ4n) is 1.74. The van der Waals surface area contributed by atoms with Gasteiger partial charge in [0.25, 0.3) is 0 Å². The fraction of sp³-hybridized carbons (Fsp3) is 0.250. The molecule has 1 unspecified atom stereocenters. The summed E-state index contributed by atoms with van der Waals surface area (Å²) in [6, 6.07) is 4.87. The summed E-state index contributed by atoms with van der Waals surface area (Å²) in [4.78, 5) is 19.4. The van der Waals surface area contributed by atoms with Gasteiger partial charge in [-0.15, -0.1) is 23.1 Å². The van der Waals surface area contributed by atoms with Gasteiger partial charge in [-0.05, 0) is 18.2 Å². The molecule has 0 radical (unpaired) electrons. The number of aliphatic carboxylic acids is 1. The van der Waals surface area contributed by atoms with Gasteiger partial charge in [-0.3, -0.25) is 4.99 Å². The molecular formula is C12H9N2NaO3S2. The Balaban J connectivity index is 0.00000147. The summed E-state index contributed by atoms with van der Waals surface area (Å²) in [7, 11) is 1.62. The van der Waals surface area contributed by atoms with Gasteiger partial charge < -0.3 is 14.6 Å². The molecular weight excluding hydrogens is 307 g/mol. The number of benzene rings is 1. The number of hydrogen-bond donors (Lipinski definition) is 0. The van der Waals surface area contributed by atoms with Crippen LogP contribution < -0.4 is 39.4 Å². The van der Waals surface area contributed by atoms with E-state index in [1.807, 2.05) is 18.2 Å². The van der Waals surface area contributed by atoms with Crippen LogP contribution in [0, 0.1) is 0 Å². The molecule has 0 N–H and O–H groups in total. The standard InChI is InChI=1S/C12H10N2O3S2.Na/c1-17-6-2-3-7-9(4-6)19-11(13-7)10-14-8(5-18-10)12(15)16;/h2-4,8H,5H2,1H3,(H,15,16);/q;+1/p-1. The molecule has 20 heavy (non-hydrogen) atoms. The Kier molecular flexibility index (Phi) is 5.09. The van der Waals surface area contributed by atoms with Crippen molar-refractivity contribution in [3.8, 4) is 5.75 Å². The van der Waals surface area contributed by atoms with Crippen LogP contribution in [0.4, 0.5) is 0 Å². The van der Waals surface area contributed by atoms with Crippen LogP contribution in [0.3, 0.4) is 0 Å². The minimum atomic E-state index is -1.13. The fourth-order valence-corrected chi connectivity index (χ4v) is 3.82. The molecule has 0 spiro atoms. The number of carbonyl (C=O) groups excluding carboxylic acids is 1. The second-order valence-electron chi connectivity index (χ2n) is 3.93. The van der Waals surface area contributed by atoms with Crippen LogP contribution in [0.25, 0.3) is 10.2 Å². The van der Waals surface area contributed by atoms with Crippen molar-refractivity contribution in [2.45, 2.75) is 6.04 Å². The van der Waals surface area contributed by atoms with Gasteiger partial charge in [-0.1, -0.05) is 0 Å². The maximum absolute atomic E-state index is 10.8. The number of carboxylic acid groups (broad SMARTS) is 1. The molecule has 0 amide bonds. The van der Waals surface area contributed by atoms with E-state index in [4.69, 9.17) is 4.74 Å². The first-order chi connectivity index (χ1) is 9.17. The monoisotopic (exact) mass is 316 g/mol. The smallest absolute Gasteiger partial charge is 0.548 e. The van der Waals surface area contributed by atoms with E-state index >= 15 is 0 Å². The van der Waals surface area contributed by atoms with Gasteiger partial charge >= 0.3 is 29.6 Å². The Bertz CT molecular complexity index is 686. The van der Waals surface area contributed by atoms with Crippen molar-refractivity contribution < 1.29 is 44.2 Å². The van der Waals surface area contributed by atoms with Gasteiger partial charge in [-0.25, -0.2) is 4.98 Å². The van der Waals surface area contributed by atoms with E-state index in [-0.39, 0.29) is 29.6 Å². The molecule has 2 aromatic rings. The normalized spacial score (nSPS) is 17.6. The molecule has 3 rings (SSSR count). The summed E-state index contributed by atoms with van der Waals surface area (Å²) >= 11 is 2.88. The Morgan fingerprint density at radius 3 is 2.95 bits per heavy atom. The minimum absolute atomic E-state index is 0. The van der Waals surface area contributed by atoms with Gasteiger partial charge in [0.1, 0.15) is 21.8 Å². The quantitative estimate of drug-likeness (QED) is 0.608. The molecule has 0 saturated heterocycles. The summed E-state index contributed by atoms with van der Waals surface area (Å²) < 4.78 is 6.16. The number of carbonyl (C=O) groups is 1. The largest absolute Gasteiger partial charge is 1.00 e. The van der Waals surface area contributed by atoms with E-state index in [1.165, 1.54) is 23.1 Å². The predicted molar refractivity (Wildman–Crippen MR) is 74.0 cm³/mol. The zero-order chi connectivity index (χ0) is 13.4. The van der Waals surface area contributed by atoms with Crippen LogP contribution in [-0.4, -0.2) is 34.9 Å². The van der Waals surface area contributed by atoms with E-state index < -0.39 is 12.0 Å². The molecule has 1 aromatic heterocycles. The summed E-state index contributed by atoms with van der Waals surface area (Å²) in [5.41, 5.74) is 0.862. The van der Waals surface area contributed by atoms with E-state index in [2.05, 4.69) is 9.98 Å². The van der Waals surface area contributed by atoms with Gasteiger partial charge in [0.05, 0.1) is 23.3 Å². The number of aromatic nitrogens is 1. The molecule has 98 valence electrons. The first-order valence-electron chi connectivity index (χ1n) is 5.54. The Morgan fingerprint density at radius 1 is 1.50 bits per heavy atom. The molecule has 1 aliphatic rings. The molecule has 5 nitrogen and oxygen atoms in total. The number of aliphatic imine (C=N–C) groups is 1. The molecule has 0 aliphatic carbocycles. The van der Waals surface area contributed by atoms with Crippen LogP contribution in [-0.2, 0) is 4.79 Å². The number of methoxy groups -OCH3 is 1. The van der Waals surface area contributed by atoms with Crippen molar-refractivity contribution >= 4 is 44.3 Å². The van der Waals surface area contributed by atoms with Crippen LogP contribution >= 0.6 is 23.1 Å². The Morgan fingerprint density at radius 2 is 2.30 bits per heavy atom. The van der Waals surface area contributed by atoms with Crippen molar-refractivity contribution in [2.75, 3.05) is 12.9 Å². The number of fused-ring (bicyclic) bond motifs is 1. The van der Waals surface area contributed by atoms with Crippen LogP contribution in [0.1, 0.15) is 5.01 Å². The van der Waals surface area contributed by atoms with E-state index in [9.17, 15) is 9.90 Å². The minimum Gasteiger partial charge on any atom is -0.548 e.